The quantitative estimate of drug-likeness (QED) is 0.781. The number of rotatable bonds is 8. The number of nitrogens with zero attached hydrogens (tertiary/aromatic N) is 1. The van der Waals surface area contributed by atoms with Crippen molar-refractivity contribution in [3.63, 3.8) is 0 Å². The number of furan rings is 1. The lowest BCUT2D eigenvalue weighted by Gasteiger charge is -2.26. The number of amides is 1. The van der Waals surface area contributed by atoms with E-state index in [0.717, 1.165) is 5.76 Å². The summed E-state index contributed by atoms with van der Waals surface area (Å²) >= 11 is 0. The predicted molar refractivity (Wildman–Crippen MR) is 95.4 cm³/mol. The third-order valence-electron chi connectivity index (χ3n) is 3.75. The van der Waals surface area contributed by atoms with Crippen LogP contribution in [0.2, 0.25) is 0 Å². The van der Waals surface area contributed by atoms with E-state index in [2.05, 4.69) is 4.72 Å². The van der Waals surface area contributed by atoms with Crippen molar-refractivity contribution in [3.8, 4) is 0 Å². The van der Waals surface area contributed by atoms with E-state index in [-0.39, 0.29) is 29.8 Å². The average molecular weight is 364 g/mol. The Morgan fingerprint density at radius 2 is 1.84 bits per heavy atom. The molecule has 0 saturated heterocycles. The number of hydrogen-bond donors (Lipinski definition) is 1. The van der Waals surface area contributed by atoms with Crippen LogP contribution < -0.4 is 4.72 Å². The Morgan fingerprint density at radius 3 is 2.40 bits per heavy atom. The van der Waals surface area contributed by atoms with Crippen LogP contribution in [0.4, 0.5) is 0 Å². The van der Waals surface area contributed by atoms with E-state index in [1.807, 2.05) is 32.9 Å². The molecule has 2 aromatic rings. The van der Waals surface area contributed by atoms with Crippen LogP contribution in [0.3, 0.4) is 0 Å². The molecule has 0 fully saturated rings. The van der Waals surface area contributed by atoms with Gasteiger partial charge in [-0.05, 0) is 45.0 Å². The predicted octanol–water partition coefficient (Wildman–Crippen LogP) is 2.69. The molecular weight excluding hydrogens is 340 g/mol. The fourth-order valence-corrected chi connectivity index (χ4v) is 3.47. The molecule has 136 valence electrons. The molecule has 0 aliphatic carbocycles. The maximum atomic E-state index is 12.5. The summed E-state index contributed by atoms with van der Waals surface area (Å²) in [6.45, 7) is 6.11. The third-order valence-corrected chi connectivity index (χ3v) is 5.23. The van der Waals surface area contributed by atoms with Crippen molar-refractivity contribution >= 4 is 15.9 Å². The first-order valence-corrected chi connectivity index (χ1v) is 9.67. The number of sulfonamides is 1. The van der Waals surface area contributed by atoms with Gasteiger partial charge in [-0.2, -0.15) is 0 Å². The van der Waals surface area contributed by atoms with Gasteiger partial charge in [-0.25, -0.2) is 13.1 Å². The van der Waals surface area contributed by atoms with Gasteiger partial charge in [0.1, 0.15) is 11.5 Å². The van der Waals surface area contributed by atoms with Crippen LogP contribution in [0.25, 0.3) is 0 Å². The lowest BCUT2D eigenvalue weighted by atomic mass is 10.2. The molecular formula is C18H24N2O4S. The van der Waals surface area contributed by atoms with Crippen LogP contribution in [-0.4, -0.2) is 31.8 Å². The smallest absolute Gasteiger partial charge is 0.240 e. The fourth-order valence-electron chi connectivity index (χ4n) is 2.42. The van der Waals surface area contributed by atoms with Crippen molar-refractivity contribution in [3.05, 3.63) is 54.0 Å². The maximum Gasteiger partial charge on any atom is 0.240 e. The molecule has 1 heterocycles. The van der Waals surface area contributed by atoms with Crippen LogP contribution in [-0.2, 0) is 21.4 Å². The Labute approximate surface area is 148 Å². The zero-order valence-corrected chi connectivity index (χ0v) is 15.5. The molecule has 0 spiro atoms. The SMILES string of the molecule is Cc1ccc(CN(C(=O)CCNS(=O)(=O)c2ccccc2)C(C)C)o1. The number of aryl methyl sites for hydroxylation is 1. The first kappa shape index (κ1) is 19.2. The minimum Gasteiger partial charge on any atom is -0.464 e. The summed E-state index contributed by atoms with van der Waals surface area (Å²) < 4.78 is 32.3. The number of hydrogen-bond acceptors (Lipinski definition) is 4. The van der Waals surface area contributed by atoms with Crippen molar-refractivity contribution in [2.24, 2.45) is 0 Å². The van der Waals surface area contributed by atoms with Gasteiger partial charge in [-0.3, -0.25) is 4.79 Å². The van der Waals surface area contributed by atoms with Crippen molar-refractivity contribution in [2.75, 3.05) is 6.54 Å². The average Bonchev–Trinajstić information content (AvgIpc) is 2.98. The van der Waals surface area contributed by atoms with Gasteiger partial charge in [0.05, 0.1) is 11.4 Å². The monoisotopic (exact) mass is 364 g/mol. The zero-order chi connectivity index (χ0) is 18.4. The molecule has 1 aromatic carbocycles. The Hall–Kier alpha value is -2.12. The van der Waals surface area contributed by atoms with Crippen LogP contribution in [0.1, 0.15) is 31.8 Å². The number of carbonyl (C=O) groups is 1. The molecule has 1 aromatic heterocycles. The lowest BCUT2D eigenvalue weighted by molar-refractivity contribution is -0.133. The Balaban J connectivity index is 1.93. The van der Waals surface area contributed by atoms with E-state index >= 15 is 0 Å². The highest BCUT2D eigenvalue weighted by Crippen LogP contribution is 2.13. The lowest BCUT2D eigenvalue weighted by Crippen LogP contribution is -2.38. The first-order chi connectivity index (χ1) is 11.8. The minimum atomic E-state index is -3.60. The van der Waals surface area contributed by atoms with Gasteiger partial charge >= 0.3 is 0 Å². The van der Waals surface area contributed by atoms with Gasteiger partial charge in [0.2, 0.25) is 15.9 Å². The van der Waals surface area contributed by atoms with Crippen molar-refractivity contribution in [1.82, 2.24) is 9.62 Å². The van der Waals surface area contributed by atoms with E-state index < -0.39 is 10.0 Å². The highest BCUT2D eigenvalue weighted by atomic mass is 32.2. The minimum absolute atomic E-state index is 0.0105. The highest BCUT2D eigenvalue weighted by Gasteiger charge is 2.20. The molecule has 1 N–H and O–H groups in total. The fraction of sp³-hybridized carbons (Fsp3) is 0.389. The molecule has 0 unspecified atom stereocenters. The van der Waals surface area contributed by atoms with E-state index in [0.29, 0.717) is 12.3 Å². The maximum absolute atomic E-state index is 12.5. The van der Waals surface area contributed by atoms with E-state index in [9.17, 15) is 13.2 Å². The van der Waals surface area contributed by atoms with E-state index in [4.69, 9.17) is 4.42 Å². The van der Waals surface area contributed by atoms with Crippen molar-refractivity contribution in [1.29, 1.82) is 0 Å². The molecule has 0 aliphatic heterocycles. The molecule has 25 heavy (non-hydrogen) atoms. The van der Waals surface area contributed by atoms with Crippen molar-refractivity contribution < 1.29 is 17.6 Å². The zero-order valence-electron chi connectivity index (χ0n) is 14.7. The van der Waals surface area contributed by atoms with E-state index in [1.165, 1.54) is 12.1 Å². The second kappa shape index (κ2) is 8.31. The van der Waals surface area contributed by atoms with Crippen LogP contribution >= 0.6 is 0 Å². The summed E-state index contributed by atoms with van der Waals surface area (Å²) in [6.07, 6.45) is 0.0872. The van der Waals surface area contributed by atoms with Crippen LogP contribution in [0, 0.1) is 6.92 Å². The summed E-state index contributed by atoms with van der Waals surface area (Å²) in [5.74, 6) is 1.38. The molecule has 2 rings (SSSR count). The molecule has 0 bridgehead atoms. The van der Waals surface area contributed by atoms with Crippen LogP contribution in [0.5, 0.6) is 0 Å². The van der Waals surface area contributed by atoms with Crippen molar-refractivity contribution in [2.45, 2.75) is 44.7 Å². The summed E-state index contributed by atoms with van der Waals surface area (Å²) in [6, 6.07) is 11.8. The molecule has 1 amide bonds. The summed E-state index contributed by atoms with van der Waals surface area (Å²) in [4.78, 5) is 14.3. The largest absolute Gasteiger partial charge is 0.464 e. The molecule has 0 aliphatic rings. The second-order valence-corrected chi connectivity index (χ2v) is 7.86. The number of benzene rings is 1. The summed E-state index contributed by atoms with van der Waals surface area (Å²) in [5.41, 5.74) is 0. The summed E-state index contributed by atoms with van der Waals surface area (Å²) in [7, 11) is -3.60. The topological polar surface area (TPSA) is 79.6 Å². The van der Waals surface area contributed by atoms with Crippen LogP contribution in [0.15, 0.2) is 51.8 Å². The van der Waals surface area contributed by atoms with Gasteiger partial charge in [0.15, 0.2) is 0 Å². The molecule has 0 atom stereocenters. The van der Waals surface area contributed by atoms with Gasteiger partial charge in [-0.15, -0.1) is 0 Å². The highest BCUT2D eigenvalue weighted by molar-refractivity contribution is 7.89. The number of nitrogens with one attached hydrogen (secondary N) is 1. The van der Waals surface area contributed by atoms with E-state index in [1.54, 1.807) is 23.1 Å². The second-order valence-electron chi connectivity index (χ2n) is 6.09. The Bertz CT molecular complexity index is 797. The number of carbonyl (C=O) groups excluding carboxylic acids is 1. The molecule has 0 saturated carbocycles. The molecule has 6 nitrogen and oxygen atoms in total. The van der Waals surface area contributed by atoms with Gasteiger partial charge < -0.3 is 9.32 Å². The normalized spacial score (nSPS) is 11.7. The van der Waals surface area contributed by atoms with Gasteiger partial charge in [-0.1, -0.05) is 18.2 Å². The molecule has 7 heteroatoms. The standard InChI is InChI=1S/C18H24N2O4S/c1-14(2)20(13-16-10-9-15(3)24-16)18(21)11-12-19-25(22,23)17-7-5-4-6-8-17/h4-10,14,19H,11-13H2,1-3H3. The Morgan fingerprint density at radius 1 is 1.16 bits per heavy atom. The summed E-state index contributed by atoms with van der Waals surface area (Å²) in [5, 5.41) is 0. The van der Waals surface area contributed by atoms with Gasteiger partial charge in [0.25, 0.3) is 0 Å². The third kappa shape index (κ3) is 5.44. The molecule has 0 radical (unpaired) electrons. The first-order valence-electron chi connectivity index (χ1n) is 8.19. The van der Waals surface area contributed by atoms with Gasteiger partial charge in [0, 0.05) is 19.0 Å². The Kier molecular flexibility index (Phi) is 6.39.